The number of amides is 1. The van der Waals surface area contributed by atoms with Crippen molar-refractivity contribution in [2.75, 3.05) is 11.1 Å². The molecular weight excluding hydrogens is 351 g/mol. The molecule has 0 unspecified atom stereocenters. The van der Waals surface area contributed by atoms with E-state index >= 15 is 0 Å². The van der Waals surface area contributed by atoms with E-state index in [1.54, 1.807) is 23.9 Å². The van der Waals surface area contributed by atoms with Crippen molar-refractivity contribution in [1.82, 2.24) is 5.43 Å². The zero-order valence-corrected chi connectivity index (χ0v) is 14.9. The number of aliphatic imine (C=N–C) groups is 1. The molecule has 2 aromatic carbocycles. The van der Waals surface area contributed by atoms with Gasteiger partial charge in [-0.05, 0) is 47.9 Å². The Labute approximate surface area is 154 Å². The first kappa shape index (κ1) is 16.8. The van der Waals surface area contributed by atoms with Gasteiger partial charge in [-0.15, -0.1) is 0 Å². The van der Waals surface area contributed by atoms with Gasteiger partial charge in [-0.1, -0.05) is 30.0 Å². The number of carbonyl (C=O) groups is 1. The number of amidine groups is 1. The van der Waals surface area contributed by atoms with Crippen LogP contribution in [0.5, 0.6) is 0 Å². The third kappa shape index (κ3) is 3.35. The molecule has 0 saturated heterocycles. The van der Waals surface area contributed by atoms with Gasteiger partial charge in [0.2, 0.25) is 5.91 Å². The van der Waals surface area contributed by atoms with Gasteiger partial charge >= 0.3 is 0 Å². The molecule has 2 aliphatic heterocycles. The zero-order chi connectivity index (χ0) is 18.1. The molecule has 2 heterocycles. The van der Waals surface area contributed by atoms with Gasteiger partial charge in [-0.25, -0.2) is 4.39 Å². The summed E-state index contributed by atoms with van der Waals surface area (Å²) in [7, 11) is 0. The van der Waals surface area contributed by atoms with Crippen molar-refractivity contribution in [1.29, 1.82) is 0 Å². The topological polar surface area (TPSA) is 65.8 Å². The van der Waals surface area contributed by atoms with Crippen molar-refractivity contribution in [2.45, 2.75) is 19.4 Å². The van der Waals surface area contributed by atoms with Crippen LogP contribution in [0.4, 0.5) is 10.1 Å². The molecule has 26 heavy (non-hydrogen) atoms. The standard InChI is InChI=1S/C19H17FN4OS/c1-11-15-8-13(4-7-16(15)22-18(11)25)17-10-26-19(24-23-17)21-9-12-2-5-14(20)6-3-12/h2-8,11H,9-10H2,1H3,(H,21,24)(H,22,25)/t11-/m0/s1. The van der Waals surface area contributed by atoms with Gasteiger partial charge in [0.05, 0.1) is 18.2 Å². The third-order valence-corrected chi connectivity index (χ3v) is 5.36. The maximum Gasteiger partial charge on any atom is 0.231 e. The van der Waals surface area contributed by atoms with E-state index in [-0.39, 0.29) is 17.6 Å². The second kappa shape index (κ2) is 6.92. The van der Waals surface area contributed by atoms with Crippen LogP contribution in [-0.2, 0) is 11.3 Å². The van der Waals surface area contributed by atoms with Crippen molar-refractivity contribution in [3.63, 3.8) is 0 Å². The molecule has 1 amide bonds. The van der Waals surface area contributed by atoms with Gasteiger partial charge in [-0.3, -0.25) is 15.2 Å². The Balaban J connectivity index is 1.46. The molecule has 2 aliphatic rings. The molecule has 7 heteroatoms. The van der Waals surface area contributed by atoms with E-state index in [4.69, 9.17) is 0 Å². The number of nitrogens with one attached hydrogen (secondary N) is 2. The number of anilines is 1. The highest BCUT2D eigenvalue weighted by molar-refractivity contribution is 8.14. The molecule has 1 atom stereocenters. The smallest absolute Gasteiger partial charge is 0.231 e. The quantitative estimate of drug-likeness (QED) is 0.872. The van der Waals surface area contributed by atoms with Crippen LogP contribution in [0, 0.1) is 5.82 Å². The summed E-state index contributed by atoms with van der Waals surface area (Å²) in [6, 6.07) is 12.2. The lowest BCUT2D eigenvalue weighted by molar-refractivity contribution is -0.116. The highest BCUT2D eigenvalue weighted by atomic mass is 32.2. The summed E-state index contributed by atoms with van der Waals surface area (Å²) in [4.78, 5) is 16.3. The Bertz CT molecular complexity index is 924. The number of halogens is 1. The molecule has 0 radical (unpaired) electrons. The van der Waals surface area contributed by atoms with E-state index < -0.39 is 0 Å². The van der Waals surface area contributed by atoms with E-state index in [1.807, 2.05) is 25.1 Å². The summed E-state index contributed by atoms with van der Waals surface area (Å²) < 4.78 is 12.9. The van der Waals surface area contributed by atoms with Gasteiger partial charge < -0.3 is 5.32 Å². The van der Waals surface area contributed by atoms with Crippen LogP contribution in [-0.4, -0.2) is 22.5 Å². The number of benzene rings is 2. The predicted molar refractivity (Wildman–Crippen MR) is 103 cm³/mol. The fraction of sp³-hybridized carbons (Fsp3) is 0.211. The average molecular weight is 368 g/mol. The van der Waals surface area contributed by atoms with Crippen molar-refractivity contribution in [3.05, 3.63) is 65.0 Å². The highest BCUT2D eigenvalue weighted by Gasteiger charge is 2.27. The molecule has 0 fully saturated rings. The minimum atomic E-state index is -0.249. The molecule has 5 nitrogen and oxygen atoms in total. The van der Waals surface area contributed by atoms with Gasteiger partial charge in [0.1, 0.15) is 5.82 Å². The van der Waals surface area contributed by atoms with Gasteiger partial charge in [-0.2, -0.15) is 5.10 Å². The Kier molecular flexibility index (Phi) is 4.46. The Hall–Kier alpha value is -2.67. The van der Waals surface area contributed by atoms with Crippen LogP contribution in [0.3, 0.4) is 0 Å². The second-order valence-electron chi connectivity index (χ2n) is 6.22. The fourth-order valence-electron chi connectivity index (χ4n) is 2.89. The molecule has 0 spiro atoms. The second-order valence-corrected chi connectivity index (χ2v) is 7.18. The first-order valence-corrected chi connectivity index (χ1v) is 9.28. The van der Waals surface area contributed by atoms with E-state index in [9.17, 15) is 9.18 Å². The number of hydrogen-bond acceptors (Lipinski definition) is 4. The van der Waals surface area contributed by atoms with E-state index in [1.165, 1.54) is 12.1 Å². The van der Waals surface area contributed by atoms with Crippen LogP contribution < -0.4 is 10.7 Å². The summed E-state index contributed by atoms with van der Waals surface area (Å²) in [5, 5.41) is 8.04. The summed E-state index contributed by atoms with van der Waals surface area (Å²) in [5.74, 6) is 0.346. The lowest BCUT2D eigenvalue weighted by Gasteiger charge is -2.15. The van der Waals surface area contributed by atoms with Gasteiger partial charge in [0.15, 0.2) is 5.17 Å². The SMILES string of the molecule is C[C@@H]1C(=O)Nc2ccc(C3=NNC(=NCc4ccc(F)cc4)SC3)cc21. The largest absolute Gasteiger partial charge is 0.325 e. The number of thioether (sulfide) groups is 1. The van der Waals surface area contributed by atoms with Crippen molar-refractivity contribution in [2.24, 2.45) is 10.1 Å². The van der Waals surface area contributed by atoms with Gasteiger partial charge in [0, 0.05) is 11.4 Å². The van der Waals surface area contributed by atoms with Crippen molar-refractivity contribution < 1.29 is 9.18 Å². The molecule has 0 aliphatic carbocycles. The first-order valence-electron chi connectivity index (χ1n) is 8.29. The summed E-state index contributed by atoms with van der Waals surface area (Å²) in [6.07, 6.45) is 0. The van der Waals surface area contributed by atoms with E-state index in [0.29, 0.717) is 12.3 Å². The maximum absolute atomic E-state index is 12.9. The molecule has 0 bridgehead atoms. The van der Waals surface area contributed by atoms with Crippen LogP contribution in [0.15, 0.2) is 52.6 Å². The minimum absolute atomic E-state index is 0.0328. The monoisotopic (exact) mass is 368 g/mol. The van der Waals surface area contributed by atoms with Crippen LogP contribution in [0.1, 0.15) is 29.5 Å². The van der Waals surface area contributed by atoms with Gasteiger partial charge in [0.25, 0.3) is 0 Å². The molecule has 2 aromatic rings. The number of nitrogens with zero attached hydrogens (tertiary/aromatic N) is 2. The fourth-order valence-corrected chi connectivity index (χ4v) is 3.67. The highest BCUT2D eigenvalue weighted by Crippen LogP contribution is 2.33. The lowest BCUT2D eigenvalue weighted by Crippen LogP contribution is -2.25. The normalized spacial score (nSPS) is 20.4. The molecule has 4 rings (SSSR count). The zero-order valence-electron chi connectivity index (χ0n) is 14.1. The first-order chi connectivity index (χ1) is 12.6. The number of hydrazone groups is 1. The summed E-state index contributed by atoms with van der Waals surface area (Å²) >= 11 is 1.57. The molecule has 0 saturated carbocycles. The summed E-state index contributed by atoms with van der Waals surface area (Å²) in [6.45, 7) is 2.38. The Morgan fingerprint density at radius 3 is 2.81 bits per heavy atom. The Morgan fingerprint density at radius 2 is 2.08 bits per heavy atom. The van der Waals surface area contributed by atoms with E-state index in [2.05, 4.69) is 20.8 Å². The molecule has 132 valence electrons. The number of fused-ring (bicyclic) bond motifs is 1. The molecule has 0 aromatic heterocycles. The van der Waals surface area contributed by atoms with Crippen molar-refractivity contribution in [3.8, 4) is 0 Å². The van der Waals surface area contributed by atoms with Crippen LogP contribution >= 0.6 is 11.8 Å². The molecular formula is C19H17FN4OS. The number of carbonyl (C=O) groups excluding carboxylic acids is 1. The minimum Gasteiger partial charge on any atom is -0.325 e. The summed E-state index contributed by atoms with van der Waals surface area (Å²) in [5.41, 5.74) is 7.74. The number of hydrogen-bond donors (Lipinski definition) is 2. The Morgan fingerprint density at radius 1 is 1.27 bits per heavy atom. The van der Waals surface area contributed by atoms with Crippen LogP contribution in [0.2, 0.25) is 0 Å². The number of rotatable bonds is 3. The average Bonchev–Trinajstić information content (AvgIpc) is 2.95. The van der Waals surface area contributed by atoms with E-state index in [0.717, 1.165) is 33.3 Å². The predicted octanol–water partition coefficient (Wildman–Crippen LogP) is 3.48. The van der Waals surface area contributed by atoms with Crippen LogP contribution in [0.25, 0.3) is 0 Å². The molecule has 2 N–H and O–H groups in total. The van der Waals surface area contributed by atoms with Crippen molar-refractivity contribution >= 4 is 34.2 Å². The maximum atomic E-state index is 12.9. The third-order valence-electron chi connectivity index (χ3n) is 4.45. The lowest BCUT2D eigenvalue weighted by atomic mass is 9.99.